The van der Waals surface area contributed by atoms with Crippen molar-refractivity contribution in [1.82, 2.24) is 4.90 Å². The summed E-state index contributed by atoms with van der Waals surface area (Å²) in [6, 6.07) is 7.37. The Hall–Kier alpha value is -0.870. The first-order valence-electron chi connectivity index (χ1n) is 5.79. The zero-order valence-electron chi connectivity index (χ0n) is 10.2. The summed E-state index contributed by atoms with van der Waals surface area (Å²) < 4.78 is 1.01. The van der Waals surface area contributed by atoms with Crippen molar-refractivity contribution in [3.05, 3.63) is 34.3 Å². The predicted molar refractivity (Wildman–Crippen MR) is 72.2 cm³/mol. The maximum atomic E-state index is 11.3. The molecule has 0 aliphatic rings. The van der Waals surface area contributed by atoms with Crippen molar-refractivity contribution < 1.29 is 9.90 Å². The molecule has 0 saturated carbocycles. The number of halogens is 1. The van der Waals surface area contributed by atoms with Gasteiger partial charge in [0.15, 0.2) is 0 Å². The van der Waals surface area contributed by atoms with Crippen molar-refractivity contribution in [2.24, 2.45) is 0 Å². The molecule has 94 valence electrons. The van der Waals surface area contributed by atoms with Gasteiger partial charge in [0.2, 0.25) is 0 Å². The molecule has 0 bridgehead atoms. The minimum atomic E-state index is -0.753. The lowest BCUT2D eigenvalue weighted by Crippen LogP contribution is -2.42. The van der Waals surface area contributed by atoms with E-state index in [1.165, 1.54) is 0 Å². The summed E-state index contributed by atoms with van der Waals surface area (Å²) in [5, 5.41) is 9.27. The number of hydrogen-bond donors (Lipinski definition) is 1. The fraction of sp³-hybridized carbons (Fsp3) is 0.462. The average molecular weight is 300 g/mol. The standard InChI is InChI=1S/C13H18BrNO2/c1-3-15(4-2)12(13(16)17)9-10-5-7-11(14)8-6-10/h5-8,12H,3-4,9H2,1-2H3,(H,16,17)/t12-/m0/s1. The van der Waals surface area contributed by atoms with E-state index in [-0.39, 0.29) is 0 Å². The number of carbonyl (C=O) groups is 1. The van der Waals surface area contributed by atoms with Crippen LogP contribution in [-0.2, 0) is 11.2 Å². The average Bonchev–Trinajstić information content (AvgIpc) is 2.31. The summed E-state index contributed by atoms with van der Waals surface area (Å²) in [6.45, 7) is 5.48. The topological polar surface area (TPSA) is 40.5 Å². The number of nitrogens with zero attached hydrogens (tertiary/aromatic N) is 1. The van der Waals surface area contributed by atoms with E-state index in [4.69, 9.17) is 0 Å². The lowest BCUT2D eigenvalue weighted by atomic mass is 10.0. The van der Waals surface area contributed by atoms with Gasteiger partial charge in [0.25, 0.3) is 0 Å². The normalized spacial score (nSPS) is 12.7. The largest absolute Gasteiger partial charge is 0.480 e. The van der Waals surface area contributed by atoms with Gasteiger partial charge in [-0.1, -0.05) is 41.9 Å². The zero-order chi connectivity index (χ0) is 12.8. The van der Waals surface area contributed by atoms with E-state index in [0.717, 1.165) is 23.1 Å². The first-order chi connectivity index (χ1) is 8.08. The third kappa shape index (κ3) is 4.13. The van der Waals surface area contributed by atoms with Gasteiger partial charge >= 0.3 is 5.97 Å². The molecule has 4 heteroatoms. The van der Waals surface area contributed by atoms with Crippen molar-refractivity contribution >= 4 is 21.9 Å². The molecule has 0 aliphatic heterocycles. The molecule has 17 heavy (non-hydrogen) atoms. The van der Waals surface area contributed by atoms with Gasteiger partial charge in [0, 0.05) is 4.47 Å². The summed E-state index contributed by atoms with van der Waals surface area (Å²) in [5.41, 5.74) is 1.05. The Morgan fingerprint density at radius 3 is 2.24 bits per heavy atom. The molecule has 0 radical (unpaired) electrons. The molecule has 0 aromatic heterocycles. The Morgan fingerprint density at radius 2 is 1.82 bits per heavy atom. The number of aliphatic carboxylic acids is 1. The lowest BCUT2D eigenvalue weighted by Gasteiger charge is -2.26. The van der Waals surface area contributed by atoms with Crippen LogP contribution in [0, 0.1) is 0 Å². The van der Waals surface area contributed by atoms with E-state index in [2.05, 4.69) is 15.9 Å². The number of benzene rings is 1. The molecule has 0 saturated heterocycles. The third-order valence-corrected chi connectivity index (χ3v) is 3.41. The highest BCUT2D eigenvalue weighted by Crippen LogP contribution is 2.14. The summed E-state index contributed by atoms with van der Waals surface area (Å²) in [4.78, 5) is 13.2. The molecule has 1 N–H and O–H groups in total. The third-order valence-electron chi connectivity index (χ3n) is 2.88. The van der Waals surface area contributed by atoms with Gasteiger partial charge in [-0.2, -0.15) is 0 Å². The lowest BCUT2D eigenvalue weighted by molar-refractivity contribution is -0.143. The van der Waals surface area contributed by atoms with E-state index in [0.29, 0.717) is 6.42 Å². The van der Waals surface area contributed by atoms with Gasteiger partial charge in [-0.25, -0.2) is 0 Å². The molecule has 0 heterocycles. The number of carboxylic acid groups (broad SMARTS) is 1. The molecule has 1 atom stereocenters. The Kier molecular flexibility index (Phi) is 5.65. The monoisotopic (exact) mass is 299 g/mol. The molecule has 0 unspecified atom stereocenters. The fourth-order valence-electron chi connectivity index (χ4n) is 1.88. The van der Waals surface area contributed by atoms with Crippen molar-refractivity contribution in [3.8, 4) is 0 Å². The second kappa shape index (κ2) is 6.77. The van der Waals surface area contributed by atoms with Gasteiger partial charge in [-0.05, 0) is 37.2 Å². The summed E-state index contributed by atoms with van der Waals surface area (Å²) >= 11 is 3.37. The Labute approximate surface area is 111 Å². The van der Waals surface area contributed by atoms with Gasteiger partial charge in [0.05, 0.1) is 0 Å². The van der Waals surface area contributed by atoms with Crippen LogP contribution < -0.4 is 0 Å². The van der Waals surface area contributed by atoms with Crippen LogP contribution in [0.15, 0.2) is 28.7 Å². The molecule has 1 aromatic carbocycles. The van der Waals surface area contributed by atoms with Crippen molar-refractivity contribution in [2.45, 2.75) is 26.3 Å². The van der Waals surface area contributed by atoms with Crippen LogP contribution >= 0.6 is 15.9 Å². The predicted octanol–water partition coefficient (Wildman–Crippen LogP) is 2.79. The molecule has 0 fully saturated rings. The van der Waals surface area contributed by atoms with Crippen molar-refractivity contribution in [2.75, 3.05) is 13.1 Å². The van der Waals surface area contributed by atoms with Crippen LogP contribution in [0.5, 0.6) is 0 Å². The maximum Gasteiger partial charge on any atom is 0.321 e. The summed E-state index contributed by atoms with van der Waals surface area (Å²) in [5.74, 6) is -0.753. The van der Waals surface area contributed by atoms with E-state index >= 15 is 0 Å². The SMILES string of the molecule is CCN(CC)[C@@H](Cc1ccc(Br)cc1)C(=O)O. The quantitative estimate of drug-likeness (QED) is 0.878. The van der Waals surface area contributed by atoms with Crippen LogP contribution in [0.1, 0.15) is 19.4 Å². The highest BCUT2D eigenvalue weighted by atomic mass is 79.9. The second-order valence-corrected chi connectivity index (χ2v) is 4.82. The van der Waals surface area contributed by atoms with Crippen LogP contribution in [-0.4, -0.2) is 35.1 Å². The molecular weight excluding hydrogens is 282 g/mol. The Balaban J connectivity index is 2.79. The van der Waals surface area contributed by atoms with Crippen LogP contribution in [0.3, 0.4) is 0 Å². The minimum Gasteiger partial charge on any atom is -0.480 e. The molecular formula is C13H18BrNO2. The number of hydrogen-bond acceptors (Lipinski definition) is 2. The van der Waals surface area contributed by atoms with Gasteiger partial charge in [-0.3, -0.25) is 9.69 Å². The first-order valence-corrected chi connectivity index (χ1v) is 6.59. The molecule has 0 aliphatic carbocycles. The summed E-state index contributed by atoms with van der Waals surface area (Å²) in [6.07, 6.45) is 0.546. The molecule has 0 amide bonds. The highest BCUT2D eigenvalue weighted by molar-refractivity contribution is 9.10. The van der Waals surface area contributed by atoms with Crippen LogP contribution in [0.2, 0.25) is 0 Å². The molecule has 1 rings (SSSR count). The van der Waals surface area contributed by atoms with Gasteiger partial charge in [0.1, 0.15) is 6.04 Å². The molecule has 3 nitrogen and oxygen atoms in total. The number of rotatable bonds is 6. The van der Waals surface area contributed by atoms with E-state index in [9.17, 15) is 9.90 Å². The Bertz CT molecular complexity index is 360. The first kappa shape index (κ1) is 14.2. The fourth-order valence-corrected chi connectivity index (χ4v) is 2.15. The number of carboxylic acids is 1. The zero-order valence-corrected chi connectivity index (χ0v) is 11.8. The van der Waals surface area contributed by atoms with E-state index in [1.807, 2.05) is 43.0 Å². The van der Waals surface area contributed by atoms with E-state index in [1.54, 1.807) is 0 Å². The highest BCUT2D eigenvalue weighted by Gasteiger charge is 2.23. The van der Waals surface area contributed by atoms with Crippen molar-refractivity contribution in [3.63, 3.8) is 0 Å². The molecule has 0 spiro atoms. The van der Waals surface area contributed by atoms with Crippen LogP contribution in [0.4, 0.5) is 0 Å². The summed E-state index contributed by atoms with van der Waals surface area (Å²) in [7, 11) is 0. The van der Waals surface area contributed by atoms with Crippen molar-refractivity contribution in [1.29, 1.82) is 0 Å². The van der Waals surface area contributed by atoms with Gasteiger partial charge < -0.3 is 5.11 Å². The minimum absolute atomic E-state index is 0.439. The second-order valence-electron chi connectivity index (χ2n) is 3.91. The van der Waals surface area contributed by atoms with Gasteiger partial charge in [-0.15, -0.1) is 0 Å². The van der Waals surface area contributed by atoms with Crippen LogP contribution in [0.25, 0.3) is 0 Å². The molecule has 1 aromatic rings. The smallest absolute Gasteiger partial charge is 0.321 e. The van der Waals surface area contributed by atoms with E-state index < -0.39 is 12.0 Å². The number of likely N-dealkylation sites (N-methyl/N-ethyl adjacent to an activating group) is 1. The Morgan fingerprint density at radius 1 is 1.29 bits per heavy atom. The maximum absolute atomic E-state index is 11.3.